The molecule has 1 aliphatic heterocycles. The van der Waals surface area contributed by atoms with Crippen LogP contribution in [-0.4, -0.2) is 44.3 Å². The normalized spacial score (nSPS) is 16.9. The van der Waals surface area contributed by atoms with Gasteiger partial charge in [-0.15, -0.1) is 0 Å². The van der Waals surface area contributed by atoms with E-state index in [0.717, 1.165) is 37.4 Å². The summed E-state index contributed by atoms with van der Waals surface area (Å²) in [4.78, 5) is 14.9. The number of benzene rings is 2. The summed E-state index contributed by atoms with van der Waals surface area (Å²) in [5.41, 5.74) is 5.04. The number of carbonyl (C=O) groups excluding carboxylic acids is 1. The summed E-state index contributed by atoms with van der Waals surface area (Å²) >= 11 is 0. The number of carbonyl (C=O) groups is 1. The first-order chi connectivity index (χ1) is 15.0. The Hall–Kier alpha value is -2.73. The molecule has 168 valence electrons. The Morgan fingerprint density at radius 3 is 2.52 bits per heavy atom. The van der Waals surface area contributed by atoms with Crippen LogP contribution in [0.25, 0.3) is 0 Å². The molecule has 0 saturated carbocycles. The summed E-state index contributed by atoms with van der Waals surface area (Å²) in [6, 6.07) is 12.6. The molecule has 2 N–H and O–H groups in total. The summed E-state index contributed by atoms with van der Waals surface area (Å²) < 4.78 is 11.2. The maximum atomic E-state index is 12.4. The van der Waals surface area contributed by atoms with Crippen LogP contribution in [0.2, 0.25) is 0 Å². The Labute approximate surface area is 185 Å². The highest BCUT2D eigenvalue weighted by Crippen LogP contribution is 2.40. The lowest BCUT2D eigenvalue weighted by atomic mass is 9.86. The van der Waals surface area contributed by atoms with Crippen molar-refractivity contribution >= 4 is 6.03 Å². The minimum absolute atomic E-state index is 0.0345. The van der Waals surface area contributed by atoms with Gasteiger partial charge in [-0.1, -0.05) is 31.2 Å². The summed E-state index contributed by atoms with van der Waals surface area (Å²) in [6.45, 7) is 8.55. The first-order valence-corrected chi connectivity index (χ1v) is 11.1. The molecule has 2 aromatic carbocycles. The number of nitrogens with zero attached hydrogens (tertiary/aromatic N) is 1. The number of hydrogen-bond acceptors (Lipinski definition) is 4. The fraction of sp³-hybridized carbons (Fsp3) is 0.480. The standard InChI is InChI=1S/C25H35N3O3/c1-6-21(27-25(29)26-7-2)24-20-15-23(31-5)22(30-4)14-18(20)12-13-28(24)16-19-11-9-8-10-17(19)3/h8-11,14-15,21,24H,6-7,12-13,16H2,1-5H3,(H2,26,27,29)/t21-,24+/m1/s1. The Bertz CT molecular complexity index is 900. The second-order valence-corrected chi connectivity index (χ2v) is 8.02. The van der Waals surface area contributed by atoms with Crippen molar-refractivity contribution in [2.45, 2.75) is 52.2 Å². The number of amides is 2. The lowest BCUT2D eigenvalue weighted by molar-refractivity contribution is 0.135. The van der Waals surface area contributed by atoms with Crippen LogP contribution in [0.5, 0.6) is 11.5 Å². The van der Waals surface area contributed by atoms with Gasteiger partial charge in [0, 0.05) is 19.6 Å². The van der Waals surface area contributed by atoms with E-state index in [9.17, 15) is 4.79 Å². The van der Waals surface area contributed by atoms with Crippen LogP contribution in [0.1, 0.15) is 48.6 Å². The summed E-state index contributed by atoms with van der Waals surface area (Å²) in [6.07, 6.45) is 1.75. The van der Waals surface area contributed by atoms with E-state index in [2.05, 4.69) is 65.8 Å². The Morgan fingerprint density at radius 1 is 1.16 bits per heavy atom. The van der Waals surface area contributed by atoms with Crippen molar-refractivity contribution in [3.05, 3.63) is 58.7 Å². The van der Waals surface area contributed by atoms with Crippen molar-refractivity contribution in [3.8, 4) is 11.5 Å². The van der Waals surface area contributed by atoms with Crippen LogP contribution in [0.3, 0.4) is 0 Å². The number of rotatable bonds is 8. The number of hydrogen-bond donors (Lipinski definition) is 2. The van der Waals surface area contributed by atoms with Crippen LogP contribution in [0, 0.1) is 6.92 Å². The molecular weight excluding hydrogens is 390 g/mol. The van der Waals surface area contributed by atoms with Crippen molar-refractivity contribution < 1.29 is 14.3 Å². The second-order valence-electron chi connectivity index (χ2n) is 8.02. The van der Waals surface area contributed by atoms with E-state index in [1.54, 1.807) is 14.2 Å². The zero-order valence-electron chi connectivity index (χ0n) is 19.3. The maximum absolute atomic E-state index is 12.4. The number of urea groups is 1. The summed E-state index contributed by atoms with van der Waals surface area (Å²) in [7, 11) is 3.33. The van der Waals surface area contributed by atoms with Crippen molar-refractivity contribution in [1.82, 2.24) is 15.5 Å². The fourth-order valence-electron chi connectivity index (χ4n) is 4.47. The van der Waals surface area contributed by atoms with Crippen LogP contribution in [0.4, 0.5) is 4.79 Å². The van der Waals surface area contributed by atoms with Gasteiger partial charge in [0.2, 0.25) is 0 Å². The average Bonchev–Trinajstić information content (AvgIpc) is 2.78. The molecule has 1 heterocycles. The first-order valence-electron chi connectivity index (χ1n) is 11.1. The quantitative estimate of drug-likeness (QED) is 0.665. The molecule has 2 amide bonds. The van der Waals surface area contributed by atoms with Gasteiger partial charge in [0.15, 0.2) is 11.5 Å². The lowest BCUT2D eigenvalue weighted by Crippen LogP contribution is -2.50. The van der Waals surface area contributed by atoms with Crippen molar-refractivity contribution in [3.63, 3.8) is 0 Å². The van der Waals surface area contributed by atoms with Gasteiger partial charge in [0.25, 0.3) is 0 Å². The third kappa shape index (κ3) is 5.13. The third-order valence-electron chi connectivity index (χ3n) is 6.14. The fourth-order valence-corrected chi connectivity index (χ4v) is 4.47. The molecular formula is C25H35N3O3. The van der Waals surface area contributed by atoms with E-state index < -0.39 is 0 Å². The van der Waals surface area contributed by atoms with Crippen molar-refractivity contribution in [1.29, 1.82) is 0 Å². The van der Waals surface area contributed by atoms with Crippen molar-refractivity contribution in [2.24, 2.45) is 0 Å². The molecule has 31 heavy (non-hydrogen) atoms. The highest BCUT2D eigenvalue weighted by atomic mass is 16.5. The van der Waals surface area contributed by atoms with Crippen LogP contribution < -0.4 is 20.1 Å². The number of fused-ring (bicyclic) bond motifs is 1. The zero-order chi connectivity index (χ0) is 22.4. The van der Waals surface area contributed by atoms with E-state index in [-0.39, 0.29) is 18.1 Å². The number of ether oxygens (including phenoxy) is 2. The van der Waals surface area contributed by atoms with E-state index >= 15 is 0 Å². The molecule has 0 radical (unpaired) electrons. The third-order valence-corrected chi connectivity index (χ3v) is 6.14. The van der Waals surface area contributed by atoms with Gasteiger partial charge >= 0.3 is 6.03 Å². The molecule has 2 aromatic rings. The molecule has 0 spiro atoms. The zero-order valence-corrected chi connectivity index (χ0v) is 19.3. The highest BCUT2D eigenvalue weighted by molar-refractivity contribution is 5.74. The lowest BCUT2D eigenvalue weighted by Gasteiger charge is -2.42. The van der Waals surface area contributed by atoms with Crippen molar-refractivity contribution in [2.75, 3.05) is 27.3 Å². The molecule has 6 heteroatoms. The highest BCUT2D eigenvalue weighted by Gasteiger charge is 2.35. The number of nitrogens with one attached hydrogen (secondary N) is 2. The predicted molar refractivity (Wildman–Crippen MR) is 124 cm³/mol. The van der Waals surface area contributed by atoms with E-state index in [0.29, 0.717) is 6.54 Å². The Balaban J connectivity index is 2.03. The van der Waals surface area contributed by atoms with Gasteiger partial charge in [-0.05, 0) is 61.1 Å². The van der Waals surface area contributed by atoms with Gasteiger partial charge in [0.05, 0.1) is 26.3 Å². The molecule has 0 bridgehead atoms. The molecule has 2 atom stereocenters. The van der Waals surface area contributed by atoms with Gasteiger partial charge in [-0.2, -0.15) is 0 Å². The Kier molecular flexibility index (Phi) is 7.80. The minimum atomic E-state index is -0.127. The van der Waals surface area contributed by atoms with Gasteiger partial charge < -0.3 is 20.1 Å². The average molecular weight is 426 g/mol. The van der Waals surface area contributed by atoms with E-state index in [1.165, 1.54) is 22.3 Å². The van der Waals surface area contributed by atoms with Gasteiger partial charge in [-0.3, -0.25) is 4.90 Å². The molecule has 0 saturated heterocycles. The Morgan fingerprint density at radius 2 is 1.87 bits per heavy atom. The van der Waals surface area contributed by atoms with E-state index in [4.69, 9.17) is 9.47 Å². The molecule has 1 aliphatic rings. The predicted octanol–water partition coefficient (Wildman–Crippen LogP) is 4.21. The minimum Gasteiger partial charge on any atom is -0.493 e. The van der Waals surface area contributed by atoms with Crippen LogP contribution >= 0.6 is 0 Å². The van der Waals surface area contributed by atoms with Crippen LogP contribution in [-0.2, 0) is 13.0 Å². The first kappa shape index (κ1) is 22.9. The molecule has 0 unspecified atom stereocenters. The monoisotopic (exact) mass is 425 g/mol. The SMILES string of the molecule is CCNC(=O)N[C@H](CC)[C@@H]1c2cc(OC)c(OC)cc2CCN1Cc1ccccc1C. The van der Waals surface area contributed by atoms with E-state index in [1.807, 2.05) is 6.92 Å². The van der Waals surface area contributed by atoms with Crippen LogP contribution in [0.15, 0.2) is 36.4 Å². The topological polar surface area (TPSA) is 62.8 Å². The summed E-state index contributed by atoms with van der Waals surface area (Å²) in [5, 5.41) is 6.09. The van der Waals surface area contributed by atoms with Gasteiger partial charge in [0.1, 0.15) is 0 Å². The largest absolute Gasteiger partial charge is 0.493 e. The van der Waals surface area contributed by atoms with Gasteiger partial charge in [-0.25, -0.2) is 4.79 Å². The second kappa shape index (κ2) is 10.5. The molecule has 3 rings (SSSR count). The maximum Gasteiger partial charge on any atom is 0.315 e. The summed E-state index contributed by atoms with van der Waals surface area (Å²) in [5.74, 6) is 1.47. The molecule has 0 aromatic heterocycles. The molecule has 0 aliphatic carbocycles. The molecule has 0 fully saturated rings. The smallest absolute Gasteiger partial charge is 0.315 e. The molecule has 6 nitrogen and oxygen atoms in total. The number of methoxy groups -OCH3 is 2. The number of aryl methyl sites for hydroxylation is 1.